The number of hydrogen-bond acceptors (Lipinski definition) is 1. The third-order valence-corrected chi connectivity index (χ3v) is 1.59. The van der Waals surface area contributed by atoms with Gasteiger partial charge in [-0.3, -0.25) is 0 Å². The molecule has 0 radical (unpaired) electrons. The van der Waals surface area contributed by atoms with Gasteiger partial charge < -0.3 is 4.90 Å². The molecule has 11 heavy (non-hydrogen) atoms. The quantitative estimate of drug-likeness (QED) is 0.590. The van der Waals surface area contributed by atoms with E-state index < -0.39 is 0 Å². The average Bonchev–Trinajstić information content (AvgIpc) is 1.97. The third kappa shape index (κ3) is 7.44. The van der Waals surface area contributed by atoms with Gasteiger partial charge in [0.15, 0.2) is 0 Å². The van der Waals surface area contributed by atoms with E-state index in [1.807, 2.05) is 0 Å². The first-order valence-corrected chi connectivity index (χ1v) is 4.55. The first-order valence-electron chi connectivity index (χ1n) is 4.55. The molecule has 1 nitrogen and oxygen atoms in total. The molecule has 1 heteroatoms. The van der Waals surface area contributed by atoms with Crippen molar-refractivity contribution >= 4 is 0 Å². The van der Waals surface area contributed by atoms with Gasteiger partial charge in [-0.2, -0.15) is 0 Å². The Morgan fingerprint density at radius 3 is 2.45 bits per heavy atom. The summed E-state index contributed by atoms with van der Waals surface area (Å²) in [6.07, 6.45) is 6.98. The fourth-order valence-corrected chi connectivity index (χ4v) is 0.801. The van der Waals surface area contributed by atoms with Gasteiger partial charge >= 0.3 is 0 Å². The lowest BCUT2D eigenvalue weighted by Crippen LogP contribution is -2.11. The zero-order valence-electron chi connectivity index (χ0n) is 8.30. The first-order chi connectivity index (χ1) is 5.16. The minimum absolute atomic E-state index is 0.666. The fraction of sp³-hybridized carbons (Fsp3) is 0.800. The van der Waals surface area contributed by atoms with Crippen LogP contribution in [-0.2, 0) is 0 Å². The maximum Gasteiger partial charge on any atom is 0.0169 e. The van der Waals surface area contributed by atoms with Crippen LogP contribution in [0.15, 0.2) is 12.3 Å². The van der Waals surface area contributed by atoms with Crippen molar-refractivity contribution in [2.24, 2.45) is 5.92 Å². The Morgan fingerprint density at radius 1 is 1.36 bits per heavy atom. The summed E-state index contributed by atoms with van der Waals surface area (Å²) < 4.78 is 0. The average molecular weight is 155 g/mol. The molecular formula is C10H21N. The number of allylic oxidation sites excluding steroid dienone is 1. The maximum absolute atomic E-state index is 2.25. The standard InChI is InChI=1S/C10H21N/c1-5-6-8-11(4)9-7-10(2)3/h7,9-10H,5-6,8H2,1-4H3. The Hall–Kier alpha value is -0.460. The summed E-state index contributed by atoms with van der Waals surface area (Å²) in [4.78, 5) is 2.25. The molecule has 0 aromatic carbocycles. The van der Waals surface area contributed by atoms with Crippen LogP contribution < -0.4 is 0 Å². The highest BCUT2D eigenvalue weighted by molar-refractivity contribution is 4.83. The highest BCUT2D eigenvalue weighted by atomic mass is 15.1. The van der Waals surface area contributed by atoms with Gasteiger partial charge in [0.2, 0.25) is 0 Å². The number of rotatable bonds is 5. The molecule has 0 saturated carbocycles. The van der Waals surface area contributed by atoms with E-state index in [1.54, 1.807) is 0 Å². The molecule has 66 valence electrons. The van der Waals surface area contributed by atoms with Gasteiger partial charge in [-0.25, -0.2) is 0 Å². The van der Waals surface area contributed by atoms with Crippen LogP contribution >= 0.6 is 0 Å². The predicted octanol–water partition coefficient (Wildman–Crippen LogP) is 2.89. The molecule has 0 unspecified atom stereocenters. The molecule has 0 saturated heterocycles. The van der Waals surface area contributed by atoms with Crippen LogP contribution in [0.5, 0.6) is 0 Å². The van der Waals surface area contributed by atoms with Crippen LogP contribution in [0, 0.1) is 5.92 Å². The summed E-state index contributed by atoms with van der Waals surface area (Å²) in [6, 6.07) is 0. The SMILES string of the molecule is CCCCN(C)C=CC(C)C. The van der Waals surface area contributed by atoms with Gasteiger partial charge in [0.25, 0.3) is 0 Å². The van der Waals surface area contributed by atoms with Crippen LogP contribution in [0.2, 0.25) is 0 Å². The maximum atomic E-state index is 2.25. The molecule has 0 spiro atoms. The van der Waals surface area contributed by atoms with E-state index in [1.165, 1.54) is 19.4 Å². The Kier molecular flexibility index (Phi) is 6.00. The van der Waals surface area contributed by atoms with Crippen molar-refractivity contribution in [1.82, 2.24) is 4.90 Å². The van der Waals surface area contributed by atoms with Gasteiger partial charge in [-0.05, 0) is 18.5 Å². The number of hydrogen-bond donors (Lipinski definition) is 0. The van der Waals surface area contributed by atoms with Crippen molar-refractivity contribution in [2.45, 2.75) is 33.6 Å². The van der Waals surface area contributed by atoms with Crippen molar-refractivity contribution in [3.8, 4) is 0 Å². The van der Waals surface area contributed by atoms with Crippen molar-refractivity contribution < 1.29 is 0 Å². The molecule has 0 rings (SSSR count). The van der Waals surface area contributed by atoms with E-state index in [0.29, 0.717) is 5.92 Å². The molecule has 0 aliphatic heterocycles. The molecule has 0 fully saturated rings. The second kappa shape index (κ2) is 6.26. The summed E-state index contributed by atoms with van der Waals surface area (Å²) in [7, 11) is 2.13. The van der Waals surface area contributed by atoms with Crippen LogP contribution in [-0.4, -0.2) is 18.5 Å². The molecule has 0 heterocycles. The lowest BCUT2D eigenvalue weighted by atomic mass is 10.2. The van der Waals surface area contributed by atoms with E-state index in [9.17, 15) is 0 Å². The minimum atomic E-state index is 0.666. The normalized spacial score (nSPS) is 11.4. The Labute approximate surface area is 71.1 Å². The second-order valence-electron chi connectivity index (χ2n) is 3.42. The number of unbranched alkanes of at least 4 members (excludes halogenated alkanes) is 1. The monoisotopic (exact) mass is 155 g/mol. The van der Waals surface area contributed by atoms with E-state index in [0.717, 1.165) is 0 Å². The Bertz CT molecular complexity index is 105. The molecule has 0 aromatic rings. The molecule has 0 aliphatic carbocycles. The van der Waals surface area contributed by atoms with Crippen LogP contribution in [0.25, 0.3) is 0 Å². The molecule has 0 aliphatic rings. The van der Waals surface area contributed by atoms with Crippen LogP contribution in [0.3, 0.4) is 0 Å². The highest BCUT2D eigenvalue weighted by Gasteiger charge is 1.89. The van der Waals surface area contributed by atoms with Crippen LogP contribution in [0.4, 0.5) is 0 Å². The van der Waals surface area contributed by atoms with E-state index in [2.05, 4.69) is 45.0 Å². The molecule has 0 bridgehead atoms. The zero-order valence-corrected chi connectivity index (χ0v) is 8.30. The second-order valence-corrected chi connectivity index (χ2v) is 3.42. The van der Waals surface area contributed by atoms with Crippen molar-refractivity contribution in [3.63, 3.8) is 0 Å². The predicted molar refractivity (Wildman–Crippen MR) is 51.5 cm³/mol. The Morgan fingerprint density at radius 2 is 2.00 bits per heavy atom. The van der Waals surface area contributed by atoms with Gasteiger partial charge in [0.1, 0.15) is 0 Å². The third-order valence-electron chi connectivity index (χ3n) is 1.59. The van der Waals surface area contributed by atoms with Gasteiger partial charge in [0.05, 0.1) is 0 Å². The van der Waals surface area contributed by atoms with Gasteiger partial charge in [-0.15, -0.1) is 0 Å². The number of nitrogens with zero attached hydrogens (tertiary/aromatic N) is 1. The van der Waals surface area contributed by atoms with Gasteiger partial charge in [0, 0.05) is 13.6 Å². The van der Waals surface area contributed by atoms with Crippen molar-refractivity contribution in [2.75, 3.05) is 13.6 Å². The summed E-state index contributed by atoms with van der Waals surface area (Å²) in [6.45, 7) is 7.80. The molecule has 0 atom stereocenters. The first kappa shape index (κ1) is 10.5. The molecule has 0 aromatic heterocycles. The smallest absolute Gasteiger partial charge is 0.0169 e. The Balaban J connectivity index is 3.42. The summed E-state index contributed by atoms with van der Waals surface area (Å²) in [5.41, 5.74) is 0. The molecular weight excluding hydrogens is 134 g/mol. The molecule has 0 amide bonds. The summed E-state index contributed by atoms with van der Waals surface area (Å²) in [5.74, 6) is 0.666. The summed E-state index contributed by atoms with van der Waals surface area (Å²) >= 11 is 0. The minimum Gasteiger partial charge on any atom is -0.381 e. The van der Waals surface area contributed by atoms with E-state index >= 15 is 0 Å². The van der Waals surface area contributed by atoms with E-state index in [-0.39, 0.29) is 0 Å². The van der Waals surface area contributed by atoms with E-state index in [4.69, 9.17) is 0 Å². The lowest BCUT2D eigenvalue weighted by Gasteiger charge is -2.12. The highest BCUT2D eigenvalue weighted by Crippen LogP contribution is 1.97. The largest absolute Gasteiger partial charge is 0.381 e. The topological polar surface area (TPSA) is 3.24 Å². The summed E-state index contributed by atoms with van der Waals surface area (Å²) in [5, 5.41) is 0. The van der Waals surface area contributed by atoms with Crippen molar-refractivity contribution in [1.29, 1.82) is 0 Å². The van der Waals surface area contributed by atoms with Gasteiger partial charge in [-0.1, -0.05) is 33.3 Å². The van der Waals surface area contributed by atoms with Crippen molar-refractivity contribution in [3.05, 3.63) is 12.3 Å². The fourth-order valence-electron chi connectivity index (χ4n) is 0.801. The molecule has 0 N–H and O–H groups in total. The lowest BCUT2D eigenvalue weighted by molar-refractivity contribution is 0.438. The zero-order chi connectivity index (χ0) is 8.69. The van der Waals surface area contributed by atoms with Crippen LogP contribution in [0.1, 0.15) is 33.6 Å².